The van der Waals surface area contributed by atoms with E-state index in [2.05, 4.69) is 9.88 Å². The minimum Gasteiger partial charge on any atom is -0.356 e. The zero-order chi connectivity index (χ0) is 20.4. The van der Waals surface area contributed by atoms with Crippen molar-refractivity contribution in [3.05, 3.63) is 46.9 Å². The standard InChI is InChI=1S/C21H25N5O2S/c1-16-23-20-9-12-26(29(27,28)18-8-6-7-17(13-18)14-22)15-19(20)21(24-16)25-10-4-2-3-5-11-25/h6-8,13H,2-5,9-12,15H2,1H3. The summed E-state index contributed by atoms with van der Waals surface area (Å²) in [6.45, 7) is 4.43. The molecule has 0 atom stereocenters. The molecule has 1 aromatic carbocycles. The van der Waals surface area contributed by atoms with Crippen LogP contribution in [0.3, 0.4) is 0 Å². The fourth-order valence-electron chi connectivity index (χ4n) is 4.12. The zero-order valence-electron chi connectivity index (χ0n) is 16.6. The Morgan fingerprint density at radius 3 is 2.55 bits per heavy atom. The van der Waals surface area contributed by atoms with E-state index in [-0.39, 0.29) is 11.4 Å². The minimum atomic E-state index is -3.69. The van der Waals surface area contributed by atoms with Crippen LogP contribution in [-0.4, -0.2) is 42.3 Å². The van der Waals surface area contributed by atoms with Gasteiger partial charge in [-0.15, -0.1) is 0 Å². The molecule has 1 saturated heterocycles. The predicted octanol–water partition coefficient (Wildman–Crippen LogP) is 2.78. The van der Waals surface area contributed by atoms with Crippen LogP contribution in [0.1, 0.15) is 48.3 Å². The number of fused-ring (bicyclic) bond motifs is 1. The zero-order valence-corrected chi connectivity index (χ0v) is 17.5. The summed E-state index contributed by atoms with van der Waals surface area (Å²) in [6.07, 6.45) is 5.26. The first-order chi connectivity index (χ1) is 14.0. The van der Waals surface area contributed by atoms with E-state index in [9.17, 15) is 8.42 Å². The van der Waals surface area contributed by atoms with Crippen LogP contribution in [0.25, 0.3) is 0 Å². The first-order valence-electron chi connectivity index (χ1n) is 10.1. The number of aryl methyl sites for hydroxylation is 1. The second kappa shape index (κ2) is 8.09. The molecule has 0 amide bonds. The van der Waals surface area contributed by atoms with Crippen molar-refractivity contribution < 1.29 is 8.42 Å². The molecule has 1 fully saturated rings. The highest BCUT2D eigenvalue weighted by Gasteiger charge is 2.32. The molecule has 0 N–H and O–H groups in total. The van der Waals surface area contributed by atoms with E-state index in [1.165, 1.54) is 23.2 Å². The number of nitriles is 1. The van der Waals surface area contributed by atoms with Crippen molar-refractivity contribution >= 4 is 15.8 Å². The SMILES string of the molecule is Cc1nc2c(c(N3CCCCCC3)n1)CN(S(=O)(=O)c1cccc(C#N)c1)CC2. The van der Waals surface area contributed by atoms with E-state index in [1.54, 1.807) is 18.2 Å². The number of sulfonamides is 1. The van der Waals surface area contributed by atoms with E-state index in [4.69, 9.17) is 10.2 Å². The van der Waals surface area contributed by atoms with E-state index in [1.807, 2.05) is 13.0 Å². The third-order valence-electron chi connectivity index (χ3n) is 5.62. The van der Waals surface area contributed by atoms with Crippen molar-refractivity contribution in [1.82, 2.24) is 14.3 Å². The molecule has 7 nitrogen and oxygen atoms in total. The second-order valence-electron chi connectivity index (χ2n) is 7.65. The largest absolute Gasteiger partial charge is 0.356 e. The van der Waals surface area contributed by atoms with Gasteiger partial charge in [0.1, 0.15) is 11.6 Å². The Morgan fingerprint density at radius 2 is 1.83 bits per heavy atom. The van der Waals surface area contributed by atoms with Crippen LogP contribution in [0.5, 0.6) is 0 Å². The summed E-state index contributed by atoms with van der Waals surface area (Å²) in [6, 6.07) is 8.22. The van der Waals surface area contributed by atoms with Crippen molar-refractivity contribution in [3.8, 4) is 6.07 Å². The third-order valence-corrected chi connectivity index (χ3v) is 7.46. The molecule has 4 rings (SSSR count). The molecule has 0 aliphatic carbocycles. The number of nitrogens with zero attached hydrogens (tertiary/aromatic N) is 5. The number of benzene rings is 1. The predicted molar refractivity (Wildman–Crippen MR) is 110 cm³/mol. The van der Waals surface area contributed by atoms with Crippen LogP contribution in [0.4, 0.5) is 5.82 Å². The maximum atomic E-state index is 13.2. The van der Waals surface area contributed by atoms with E-state index < -0.39 is 10.0 Å². The normalized spacial score (nSPS) is 18.0. The fourth-order valence-corrected chi connectivity index (χ4v) is 5.57. The van der Waals surface area contributed by atoms with Crippen LogP contribution in [0.2, 0.25) is 0 Å². The minimum absolute atomic E-state index is 0.157. The Labute approximate surface area is 172 Å². The highest BCUT2D eigenvalue weighted by atomic mass is 32.2. The van der Waals surface area contributed by atoms with Gasteiger partial charge in [-0.2, -0.15) is 9.57 Å². The van der Waals surface area contributed by atoms with Gasteiger partial charge in [0.05, 0.1) is 22.2 Å². The van der Waals surface area contributed by atoms with Gasteiger partial charge >= 0.3 is 0 Å². The topological polar surface area (TPSA) is 90.2 Å². The van der Waals surface area contributed by atoms with E-state index in [0.717, 1.165) is 48.8 Å². The highest BCUT2D eigenvalue weighted by Crippen LogP contribution is 2.31. The Balaban J connectivity index is 1.69. The van der Waals surface area contributed by atoms with Crippen LogP contribution in [-0.2, 0) is 23.0 Å². The van der Waals surface area contributed by atoms with E-state index >= 15 is 0 Å². The number of rotatable bonds is 3. The van der Waals surface area contributed by atoms with Crippen LogP contribution in [0, 0.1) is 18.3 Å². The molecule has 1 aromatic heterocycles. The Hall–Kier alpha value is -2.50. The fraction of sp³-hybridized carbons (Fsp3) is 0.476. The summed E-state index contributed by atoms with van der Waals surface area (Å²) in [5.74, 6) is 1.63. The molecule has 0 bridgehead atoms. The van der Waals surface area contributed by atoms with Crippen molar-refractivity contribution in [3.63, 3.8) is 0 Å². The van der Waals surface area contributed by atoms with Gasteiger partial charge < -0.3 is 4.90 Å². The maximum absolute atomic E-state index is 13.2. The average molecular weight is 412 g/mol. The van der Waals surface area contributed by atoms with Gasteiger partial charge in [0.25, 0.3) is 0 Å². The molecule has 3 heterocycles. The molecule has 2 aliphatic heterocycles. The molecule has 2 aliphatic rings. The summed E-state index contributed by atoms with van der Waals surface area (Å²) in [5, 5.41) is 9.12. The Kier molecular flexibility index (Phi) is 5.52. The summed E-state index contributed by atoms with van der Waals surface area (Å²) in [5.41, 5.74) is 2.21. The van der Waals surface area contributed by atoms with Crippen molar-refractivity contribution in [2.45, 2.75) is 50.5 Å². The van der Waals surface area contributed by atoms with Crippen LogP contribution in [0.15, 0.2) is 29.2 Å². The summed E-state index contributed by atoms with van der Waals surface area (Å²) < 4.78 is 28.0. The lowest BCUT2D eigenvalue weighted by atomic mass is 10.1. The second-order valence-corrected chi connectivity index (χ2v) is 9.59. The molecular formula is C21H25N5O2S. The lowest BCUT2D eigenvalue weighted by Crippen LogP contribution is -2.38. The van der Waals surface area contributed by atoms with Gasteiger partial charge in [-0.3, -0.25) is 0 Å². The Bertz CT molecular complexity index is 1050. The number of aromatic nitrogens is 2. The number of anilines is 1. The Morgan fingerprint density at radius 1 is 1.07 bits per heavy atom. The molecule has 0 spiro atoms. The quantitative estimate of drug-likeness (QED) is 0.771. The van der Waals surface area contributed by atoms with Crippen LogP contribution < -0.4 is 4.90 Å². The van der Waals surface area contributed by atoms with Crippen molar-refractivity contribution in [2.24, 2.45) is 0 Å². The molecule has 0 saturated carbocycles. The van der Waals surface area contributed by atoms with Gasteiger partial charge in [0.15, 0.2) is 0 Å². The summed E-state index contributed by atoms with van der Waals surface area (Å²) in [4.78, 5) is 11.8. The average Bonchev–Trinajstić information content (AvgIpc) is 3.02. The van der Waals surface area contributed by atoms with Crippen molar-refractivity contribution in [1.29, 1.82) is 5.26 Å². The van der Waals surface area contributed by atoms with Gasteiger partial charge in [-0.25, -0.2) is 18.4 Å². The third kappa shape index (κ3) is 3.98. The monoisotopic (exact) mass is 411 g/mol. The lowest BCUT2D eigenvalue weighted by Gasteiger charge is -2.32. The molecule has 8 heteroatoms. The molecule has 0 unspecified atom stereocenters. The number of hydrogen-bond donors (Lipinski definition) is 0. The van der Waals surface area contributed by atoms with Crippen LogP contribution >= 0.6 is 0 Å². The molecular weight excluding hydrogens is 386 g/mol. The maximum Gasteiger partial charge on any atom is 0.243 e. The number of hydrogen-bond acceptors (Lipinski definition) is 6. The molecule has 152 valence electrons. The first kappa shape index (κ1) is 19.8. The summed E-state index contributed by atoms with van der Waals surface area (Å²) >= 11 is 0. The van der Waals surface area contributed by atoms with Gasteiger partial charge in [0, 0.05) is 38.2 Å². The molecule has 29 heavy (non-hydrogen) atoms. The first-order valence-corrected chi connectivity index (χ1v) is 11.5. The van der Waals surface area contributed by atoms with Gasteiger partial charge in [-0.05, 0) is 38.0 Å². The molecule has 2 aromatic rings. The highest BCUT2D eigenvalue weighted by molar-refractivity contribution is 7.89. The molecule has 0 radical (unpaired) electrons. The summed E-state index contributed by atoms with van der Waals surface area (Å²) in [7, 11) is -3.69. The van der Waals surface area contributed by atoms with Gasteiger partial charge in [-0.1, -0.05) is 18.9 Å². The van der Waals surface area contributed by atoms with E-state index in [0.29, 0.717) is 18.5 Å². The smallest absolute Gasteiger partial charge is 0.243 e. The van der Waals surface area contributed by atoms with Crippen molar-refractivity contribution in [2.75, 3.05) is 24.5 Å². The lowest BCUT2D eigenvalue weighted by molar-refractivity contribution is 0.386. The van der Waals surface area contributed by atoms with Gasteiger partial charge in [0.2, 0.25) is 10.0 Å².